The van der Waals surface area contributed by atoms with Gasteiger partial charge in [0.1, 0.15) is 11.5 Å². The van der Waals surface area contributed by atoms with Crippen molar-refractivity contribution in [1.82, 2.24) is 13.9 Å². The Morgan fingerprint density at radius 1 is 1.24 bits per heavy atom. The Hall–Kier alpha value is -2.28. The quantitative estimate of drug-likeness (QED) is 0.708. The maximum absolute atomic E-state index is 12.3. The van der Waals surface area contributed by atoms with E-state index in [9.17, 15) is 9.59 Å². The molecule has 1 heterocycles. The van der Waals surface area contributed by atoms with Crippen LogP contribution < -0.4 is 0 Å². The van der Waals surface area contributed by atoms with E-state index in [0.717, 1.165) is 30.7 Å². The molecule has 0 bridgehead atoms. The molecule has 0 aliphatic carbocycles. The van der Waals surface area contributed by atoms with Gasteiger partial charge < -0.3 is 9.67 Å². The molecule has 1 N–H and O–H groups in total. The van der Waals surface area contributed by atoms with Crippen molar-refractivity contribution in [3.63, 3.8) is 0 Å². The van der Waals surface area contributed by atoms with Gasteiger partial charge in [-0.3, -0.25) is 9.10 Å². The van der Waals surface area contributed by atoms with Gasteiger partial charge >= 0.3 is 5.97 Å². The molecule has 0 saturated heterocycles. The number of rotatable bonds is 8. The van der Waals surface area contributed by atoms with Crippen molar-refractivity contribution in [1.29, 1.82) is 0 Å². The van der Waals surface area contributed by atoms with E-state index in [1.165, 1.54) is 4.31 Å². The fourth-order valence-corrected chi connectivity index (χ4v) is 2.56. The highest BCUT2D eigenvalue weighted by Crippen LogP contribution is 2.14. The zero-order valence-electron chi connectivity index (χ0n) is 14.5. The zero-order chi connectivity index (χ0) is 18.4. The number of hydrogen-bond acceptors (Lipinski definition) is 4. The highest BCUT2D eigenvalue weighted by atomic mass is 32.1. The lowest BCUT2D eigenvalue weighted by atomic mass is 10.1. The van der Waals surface area contributed by atoms with E-state index < -0.39 is 5.97 Å². The van der Waals surface area contributed by atoms with E-state index in [2.05, 4.69) is 24.7 Å². The number of benzene rings is 1. The highest BCUT2D eigenvalue weighted by Gasteiger charge is 2.17. The minimum absolute atomic E-state index is 0.219. The summed E-state index contributed by atoms with van der Waals surface area (Å²) >= 11 is 4.16. The molecule has 25 heavy (non-hydrogen) atoms. The van der Waals surface area contributed by atoms with Crippen molar-refractivity contribution < 1.29 is 14.7 Å². The number of carbonyl (C=O) groups excluding carboxylic acids is 1. The highest BCUT2D eigenvalue weighted by molar-refractivity contribution is 7.78. The van der Waals surface area contributed by atoms with E-state index in [1.54, 1.807) is 30.5 Å². The number of carbonyl (C=O) groups is 2. The van der Waals surface area contributed by atoms with Crippen molar-refractivity contribution >= 4 is 24.7 Å². The summed E-state index contributed by atoms with van der Waals surface area (Å²) in [5, 5.41) is 8.98. The van der Waals surface area contributed by atoms with Gasteiger partial charge in [0, 0.05) is 25.7 Å². The van der Waals surface area contributed by atoms with Gasteiger partial charge in [-0.1, -0.05) is 38.3 Å². The standard InChI is InChI=1S/C18H23N3O3S/c1-3-5-6-16-19-15(17(22)21(25)4-2)12-20(16)11-13-7-9-14(10-8-13)18(23)24/h7-10,12,25H,3-6,11H2,1-2H3,(H,23,24). The smallest absolute Gasteiger partial charge is 0.335 e. The van der Waals surface area contributed by atoms with Crippen LogP contribution in [0.5, 0.6) is 0 Å². The second-order valence-electron chi connectivity index (χ2n) is 5.80. The second kappa shape index (κ2) is 8.71. The van der Waals surface area contributed by atoms with Crippen LogP contribution in [-0.2, 0) is 13.0 Å². The number of unbranched alkanes of at least 4 members (excludes halogenated alkanes) is 1. The van der Waals surface area contributed by atoms with Crippen molar-refractivity contribution in [2.75, 3.05) is 6.54 Å². The Bertz CT molecular complexity index is 741. The van der Waals surface area contributed by atoms with Crippen LogP contribution in [0.15, 0.2) is 30.5 Å². The summed E-state index contributed by atoms with van der Waals surface area (Å²) in [5.41, 5.74) is 1.59. The van der Waals surface area contributed by atoms with Crippen LogP contribution in [0, 0.1) is 0 Å². The minimum atomic E-state index is -0.945. The lowest BCUT2D eigenvalue weighted by Crippen LogP contribution is -2.21. The first kappa shape index (κ1) is 19.1. The van der Waals surface area contributed by atoms with Crippen LogP contribution in [0.25, 0.3) is 0 Å². The molecule has 6 nitrogen and oxygen atoms in total. The van der Waals surface area contributed by atoms with E-state index in [4.69, 9.17) is 5.11 Å². The van der Waals surface area contributed by atoms with Crippen LogP contribution in [-0.4, -0.2) is 37.4 Å². The average molecular weight is 361 g/mol. The van der Waals surface area contributed by atoms with Gasteiger partial charge in [-0.2, -0.15) is 0 Å². The third-order valence-electron chi connectivity index (χ3n) is 3.92. The fourth-order valence-electron chi connectivity index (χ4n) is 2.45. The Kier molecular flexibility index (Phi) is 6.64. The molecule has 2 rings (SSSR count). The fraction of sp³-hybridized carbons (Fsp3) is 0.389. The van der Waals surface area contributed by atoms with Crippen molar-refractivity contribution in [3.8, 4) is 0 Å². The molecule has 0 aliphatic rings. The summed E-state index contributed by atoms with van der Waals surface area (Å²) in [5.74, 6) is -0.312. The molecule has 1 aromatic carbocycles. The lowest BCUT2D eigenvalue weighted by molar-refractivity contribution is 0.0696. The van der Waals surface area contributed by atoms with E-state index in [-0.39, 0.29) is 11.5 Å². The SMILES string of the molecule is CCCCc1nc(C(=O)N(S)CC)cn1Cc1ccc(C(=O)O)cc1. The molecule has 0 radical (unpaired) electrons. The molecular formula is C18H23N3O3S. The zero-order valence-corrected chi connectivity index (χ0v) is 15.4. The molecule has 0 aliphatic heterocycles. The number of carboxylic acids is 1. The van der Waals surface area contributed by atoms with Crippen LogP contribution in [0.3, 0.4) is 0 Å². The Balaban J connectivity index is 2.26. The first-order valence-corrected chi connectivity index (χ1v) is 8.75. The number of aryl methyl sites for hydroxylation is 1. The molecular weight excluding hydrogens is 338 g/mol. The number of nitrogens with zero attached hydrogens (tertiary/aromatic N) is 3. The number of imidazole rings is 1. The molecule has 0 fully saturated rings. The van der Waals surface area contributed by atoms with Gasteiger partial charge in [-0.05, 0) is 31.0 Å². The molecule has 0 atom stereocenters. The summed E-state index contributed by atoms with van der Waals surface area (Å²) in [7, 11) is 0. The van der Waals surface area contributed by atoms with E-state index >= 15 is 0 Å². The monoisotopic (exact) mass is 361 g/mol. The van der Waals surface area contributed by atoms with Crippen LogP contribution in [0.4, 0.5) is 0 Å². The van der Waals surface area contributed by atoms with Gasteiger partial charge in [0.25, 0.3) is 5.91 Å². The Morgan fingerprint density at radius 3 is 2.48 bits per heavy atom. The maximum Gasteiger partial charge on any atom is 0.335 e. The van der Waals surface area contributed by atoms with Crippen LogP contribution >= 0.6 is 12.8 Å². The number of amides is 1. The molecule has 134 valence electrons. The summed E-state index contributed by atoms with van der Waals surface area (Å²) in [6.45, 7) is 4.99. The van der Waals surface area contributed by atoms with Crippen molar-refractivity contribution in [2.24, 2.45) is 0 Å². The van der Waals surface area contributed by atoms with Gasteiger partial charge in [0.05, 0.1) is 5.56 Å². The Morgan fingerprint density at radius 2 is 1.92 bits per heavy atom. The van der Waals surface area contributed by atoms with Gasteiger partial charge in [0.2, 0.25) is 0 Å². The van der Waals surface area contributed by atoms with Gasteiger partial charge in [0.15, 0.2) is 0 Å². The van der Waals surface area contributed by atoms with Crippen molar-refractivity contribution in [3.05, 3.63) is 53.1 Å². The first-order valence-electron chi connectivity index (χ1n) is 8.35. The molecule has 0 unspecified atom stereocenters. The molecule has 1 amide bonds. The Labute approximate surface area is 153 Å². The predicted molar refractivity (Wildman–Crippen MR) is 99.0 cm³/mol. The number of hydrogen-bond donors (Lipinski definition) is 2. The molecule has 0 spiro atoms. The molecule has 1 aromatic heterocycles. The van der Waals surface area contributed by atoms with E-state index in [1.807, 2.05) is 11.5 Å². The predicted octanol–water partition coefficient (Wildman–Crippen LogP) is 3.28. The molecule has 7 heteroatoms. The van der Waals surface area contributed by atoms with Crippen LogP contribution in [0.1, 0.15) is 58.9 Å². The maximum atomic E-state index is 12.3. The number of aromatic carboxylic acids is 1. The normalized spacial score (nSPS) is 10.7. The van der Waals surface area contributed by atoms with Crippen molar-refractivity contribution in [2.45, 2.75) is 39.7 Å². The first-order chi connectivity index (χ1) is 12.0. The average Bonchev–Trinajstić information content (AvgIpc) is 3.01. The number of aromatic nitrogens is 2. The summed E-state index contributed by atoms with van der Waals surface area (Å²) in [6.07, 6.45) is 4.56. The summed E-state index contributed by atoms with van der Waals surface area (Å²) in [6, 6.07) is 6.73. The number of carboxylic acid groups (broad SMARTS) is 1. The van der Waals surface area contributed by atoms with Gasteiger partial charge in [-0.15, -0.1) is 0 Å². The lowest BCUT2D eigenvalue weighted by Gasteiger charge is -2.10. The summed E-state index contributed by atoms with van der Waals surface area (Å²) < 4.78 is 3.29. The third kappa shape index (κ3) is 4.85. The van der Waals surface area contributed by atoms with E-state index in [0.29, 0.717) is 18.8 Å². The van der Waals surface area contributed by atoms with Gasteiger partial charge in [-0.25, -0.2) is 9.78 Å². The van der Waals surface area contributed by atoms with Crippen LogP contribution in [0.2, 0.25) is 0 Å². The second-order valence-corrected chi connectivity index (χ2v) is 6.28. The molecule has 2 aromatic rings. The topological polar surface area (TPSA) is 75.4 Å². The minimum Gasteiger partial charge on any atom is -0.478 e. The molecule has 0 saturated carbocycles. The largest absolute Gasteiger partial charge is 0.478 e. The summed E-state index contributed by atoms with van der Waals surface area (Å²) in [4.78, 5) is 27.7. The number of thiol groups is 1. The third-order valence-corrected chi connectivity index (χ3v) is 4.38.